The van der Waals surface area contributed by atoms with Crippen LogP contribution in [0.2, 0.25) is 0 Å². The summed E-state index contributed by atoms with van der Waals surface area (Å²) in [6, 6.07) is 4.39. The average Bonchev–Trinajstić information content (AvgIpc) is 4.09. The number of carbonyl (C=O) groups is 4. The molecule has 0 spiro atoms. The first-order valence-corrected chi connectivity index (χ1v) is 23.6. The largest absolute Gasteiger partial charge is 0.497 e. The molecule has 340 valence electrons. The van der Waals surface area contributed by atoms with E-state index in [-0.39, 0.29) is 43.5 Å². The average molecular weight is 886 g/mol. The molecule has 1 aromatic carbocycles. The predicted octanol–water partition coefficient (Wildman–Crippen LogP) is 7.27. The quantitative estimate of drug-likeness (QED) is 0.178. The van der Waals surface area contributed by atoms with Gasteiger partial charge in [-0.25, -0.2) is 17.2 Å². The Morgan fingerprint density at radius 2 is 1.85 bits per heavy atom. The topological polar surface area (TPSA) is 168 Å². The number of ketones is 1. The number of carbonyl (C=O) groups excluding carboxylic acids is 4. The van der Waals surface area contributed by atoms with E-state index < -0.39 is 85.7 Å². The molecule has 4 heterocycles. The molecule has 3 aliphatic heterocycles. The van der Waals surface area contributed by atoms with Crippen LogP contribution in [0.4, 0.5) is 8.78 Å². The van der Waals surface area contributed by atoms with Crippen molar-refractivity contribution < 1.29 is 55.3 Å². The van der Waals surface area contributed by atoms with Gasteiger partial charge in [-0.1, -0.05) is 32.4 Å². The van der Waals surface area contributed by atoms with E-state index in [9.17, 15) is 31.6 Å². The lowest BCUT2D eigenvalue weighted by Gasteiger charge is -2.35. The van der Waals surface area contributed by atoms with Gasteiger partial charge in [-0.15, -0.1) is 0 Å². The molecule has 2 saturated carbocycles. The van der Waals surface area contributed by atoms with Gasteiger partial charge in [0.25, 0.3) is 5.92 Å². The van der Waals surface area contributed by atoms with E-state index in [4.69, 9.17) is 23.9 Å². The number of pyridine rings is 1. The molecular weight excluding hydrogens is 825 g/mol. The number of Topliss-reactive ketones (excluding diaryl/α,β-unsaturated/α-hetero) is 1. The Labute approximate surface area is 363 Å². The number of hydrogen-bond donors (Lipinski definition) is 1. The number of aryl methyl sites for hydroxylation is 1. The normalized spacial score (nSPS) is 29.5. The predicted molar refractivity (Wildman–Crippen MR) is 226 cm³/mol. The van der Waals surface area contributed by atoms with Gasteiger partial charge in [0, 0.05) is 30.7 Å². The number of fused-ring (bicyclic) bond motifs is 5. The fraction of sp³-hybridized carbons (Fsp3) is 0.674. The van der Waals surface area contributed by atoms with Crippen LogP contribution in [-0.4, -0.2) is 90.5 Å². The number of sulfonamides is 1. The molecule has 0 unspecified atom stereocenters. The van der Waals surface area contributed by atoms with E-state index in [1.165, 1.54) is 4.90 Å². The lowest BCUT2D eigenvalue weighted by atomic mass is 9.79. The Kier molecular flexibility index (Phi) is 12.5. The number of hydrogen-bond acceptors (Lipinski definition) is 11. The van der Waals surface area contributed by atoms with Crippen LogP contribution in [0.25, 0.3) is 10.8 Å². The molecular formula is C46H61F2N3O10S. The first-order valence-electron chi connectivity index (χ1n) is 22.1. The molecule has 1 aromatic heterocycles. The van der Waals surface area contributed by atoms with E-state index in [2.05, 4.69) is 11.6 Å². The molecule has 62 heavy (non-hydrogen) atoms. The van der Waals surface area contributed by atoms with Crippen molar-refractivity contribution in [3.05, 3.63) is 35.9 Å². The molecule has 16 heteroatoms. The number of rotatable bonds is 11. The molecule has 7 rings (SSSR count). The number of halogens is 2. The molecule has 0 radical (unpaired) electrons. The molecule has 0 bridgehead atoms. The summed E-state index contributed by atoms with van der Waals surface area (Å²) in [7, 11) is -2.45. The molecule has 1 saturated heterocycles. The second-order valence-corrected chi connectivity index (χ2v) is 21.4. The zero-order chi connectivity index (χ0) is 45.0. The number of benzene rings is 1. The number of amides is 2. The number of alkyl halides is 2. The van der Waals surface area contributed by atoms with E-state index in [0.29, 0.717) is 69.1 Å². The van der Waals surface area contributed by atoms with Crippen LogP contribution in [0.1, 0.15) is 118 Å². The van der Waals surface area contributed by atoms with Gasteiger partial charge < -0.3 is 23.8 Å². The third kappa shape index (κ3) is 9.04. The summed E-state index contributed by atoms with van der Waals surface area (Å²) in [5.41, 5.74) is -2.60. The molecule has 2 amide bonds. The highest BCUT2D eigenvalue weighted by molar-refractivity contribution is 7.91. The molecule has 5 aliphatic rings. The third-order valence-electron chi connectivity index (χ3n) is 14.3. The summed E-state index contributed by atoms with van der Waals surface area (Å²) in [5.74, 6) is -6.50. The summed E-state index contributed by atoms with van der Waals surface area (Å²) in [6.45, 7) is 8.85. The molecule has 13 nitrogen and oxygen atoms in total. The SMILES string of the molecule is CC[C@@H]1C[C@@H](C)CC/C=C\[C@@H]2C[C@@]2(C(=O)NS(=O)(=O)C2(C)CC2)CC(=O)[C@@H]2C[C@@H](Oc3nc4c(c5cc(OC)ccc35)CCCO4)CN2C(=O)[C@H]1CC(=O)OC(C)(C)C(C)(F)F. The van der Waals surface area contributed by atoms with Crippen LogP contribution < -0.4 is 18.9 Å². The van der Waals surface area contributed by atoms with Crippen LogP contribution in [0.3, 0.4) is 0 Å². The summed E-state index contributed by atoms with van der Waals surface area (Å²) in [4.78, 5) is 64.0. The Bertz CT molecular complexity index is 2240. The molecule has 7 atom stereocenters. The summed E-state index contributed by atoms with van der Waals surface area (Å²) < 4.78 is 80.6. The fourth-order valence-electron chi connectivity index (χ4n) is 9.39. The van der Waals surface area contributed by atoms with Gasteiger partial charge in [-0.3, -0.25) is 23.9 Å². The first-order chi connectivity index (χ1) is 29.1. The number of methoxy groups -OCH3 is 1. The van der Waals surface area contributed by atoms with E-state index in [0.717, 1.165) is 37.6 Å². The summed E-state index contributed by atoms with van der Waals surface area (Å²) >= 11 is 0. The van der Waals surface area contributed by atoms with Crippen LogP contribution in [0, 0.1) is 29.1 Å². The van der Waals surface area contributed by atoms with Gasteiger partial charge in [-0.2, -0.15) is 4.98 Å². The van der Waals surface area contributed by atoms with Gasteiger partial charge in [0.05, 0.1) is 48.8 Å². The van der Waals surface area contributed by atoms with Crippen LogP contribution in [0.15, 0.2) is 30.4 Å². The highest BCUT2D eigenvalue weighted by Crippen LogP contribution is 2.58. The summed E-state index contributed by atoms with van der Waals surface area (Å²) in [6.07, 6.45) is 7.25. The second-order valence-electron chi connectivity index (χ2n) is 19.2. The number of ether oxygens (including phenoxy) is 4. The Hall–Kier alpha value is -4.34. The minimum absolute atomic E-state index is 0.00979. The van der Waals surface area contributed by atoms with Crippen molar-refractivity contribution >= 4 is 44.4 Å². The fourth-order valence-corrected chi connectivity index (χ4v) is 10.7. The maximum Gasteiger partial charge on any atom is 0.307 e. The smallest absolute Gasteiger partial charge is 0.307 e. The van der Waals surface area contributed by atoms with E-state index in [1.807, 2.05) is 31.2 Å². The van der Waals surface area contributed by atoms with Crippen LogP contribution in [0.5, 0.6) is 17.5 Å². The molecule has 2 aromatic rings. The Morgan fingerprint density at radius 1 is 1.11 bits per heavy atom. The lowest BCUT2D eigenvalue weighted by Crippen LogP contribution is -2.49. The number of nitrogens with zero attached hydrogens (tertiary/aromatic N) is 2. The van der Waals surface area contributed by atoms with Gasteiger partial charge >= 0.3 is 5.97 Å². The van der Waals surface area contributed by atoms with Crippen molar-refractivity contribution in [2.24, 2.45) is 29.1 Å². The highest BCUT2D eigenvalue weighted by Gasteiger charge is 2.63. The monoisotopic (exact) mass is 885 g/mol. The van der Waals surface area contributed by atoms with Gasteiger partial charge in [0.1, 0.15) is 11.9 Å². The van der Waals surface area contributed by atoms with E-state index in [1.54, 1.807) is 20.1 Å². The Morgan fingerprint density at radius 3 is 2.53 bits per heavy atom. The zero-order valence-electron chi connectivity index (χ0n) is 36.9. The third-order valence-corrected chi connectivity index (χ3v) is 16.4. The highest BCUT2D eigenvalue weighted by atomic mass is 32.2. The minimum Gasteiger partial charge on any atom is -0.497 e. The maximum atomic E-state index is 15.2. The number of nitrogens with one attached hydrogen (secondary N) is 1. The van der Waals surface area contributed by atoms with Gasteiger partial charge in [-0.05, 0) is 113 Å². The van der Waals surface area contributed by atoms with Crippen LogP contribution >= 0.6 is 0 Å². The van der Waals surface area contributed by atoms with Gasteiger partial charge in [0.15, 0.2) is 11.4 Å². The second kappa shape index (κ2) is 17.0. The lowest BCUT2D eigenvalue weighted by molar-refractivity contribution is -0.197. The van der Waals surface area contributed by atoms with Crippen LogP contribution in [-0.2, 0) is 40.4 Å². The zero-order valence-corrected chi connectivity index (χ0v) is 37.7. The molecule has 2 aliphatic carbocycles. The van der Waals surface area contributed by atoms with Crippen molar-refractivity contribution in [3.8, 4) is 17.5 Å². The van der Waals surface area contributed by atoms with Crippen molar-refractivity contribution in [1.82, 2.24) is 14.6 Å². The molecule has 1 N–H and O–H groups in total. The first kappa shape index (κ1) is 45.7. The number of aromatic nitrogens is 1. The minimum atomic E-state index is -4.02. The maximum absolute atomic E-state index is 15.2. The summed E-state index contributed by atoms with van der Waals surface area (Å²) in [5, 5.41) is 1.51. The Balaban J connectivity index is 1.26. The standard InChI is InChI=1S/C46H61F2N3O10S/c1-8-28-20-27(2)12-9-10-13-29-24-46(29,42(55)50-62(56,57)44(5)17-18-44)25-37(52)36-22-31(26-51(36)41(54)34(28)23-38(53)61-43(3,4)45(6,47)48)60-40-33-16-15-30(58-7)21-35(33)32-14-11-19-59-39(32)49-40/h10,13,15-16,21,27-29,31,34,36H,8-9,11-12,14,17-20,22-26H2,1-7H3,(H,50,55)/b13-10-/t27-,28+,29+,31+,34-,36-,46+/m0/s1. The molecule has 3 fully saturated rings. The van der Waals surface area contributed by atoms with Gasteiger partial charge in [0.2, 0.25) is 33.6 Å². The van der Waals surface area contributed by atoms with Crippen molar-refractivity contribution in [3.63, 3.8) is 0 Å². The van der Waals surface area contributed by atoms with Crippen molar-refractivity contribution in [1.29, 1.82) is 0 Å². The number of esters is 1. The number of allylic oxidation sites excluding steroid dienone is 2. The van der Waals surface area contributed by atoms with Crippen molar-refractivity contribution in [2.75, 3.05) is 20.3 Å². The van der Waals surface area contributed by atoms with E-state index >= 15 is 4.79 Å². The van der Waals surface area contributed by atoms with Crippen molar-refractivity contribution in [2.45, 2.75) is 147 Å².